The number of amides is 2. The normalized spacial score (nSPS) is 20.0. The van der Waals surface area contributed by atoms with Crippen LogP contribution in [0.2, 0.25) is 0 Å². The molecule has 5 rings (SSSR count). The summed E-state index contributed by atoms with van der Waals surface area (Å²) in [6.45, 7) is 0.268. The lowest BCUT2D eigenvalue weighted by Gasteiger charge is -2.31. The van der Waals surface area contributed by atoms with E-state index in [4.69, 9.17) is 9.47 Å². The highest BCUT2D eigenvalue weighted by atomic mass is 32.2. The summed E-state index contributed by atoms with van der Waals surface area (Å²) in [5.41, 5.74) is -5.07. The number of alkyl halides is 3. The summed E-state index contributed by atoms with van der Waals surface area (Å²) in [5, 5.41) is 5.46. The van der Waals surface area contributed by atoms with Crippen molar-refractivity contribution in [1.82, 2.24) is 5.32 Å². The van der Waals surface area contributed by atoms with Gasteiger partial charge in [-0.2, -0.15) is 13.2 Å². The van der Waals surface area contributed by atoms with Gasteiger partial charge in [-0.1, -0.05) is 18.2 Å². The summed E-state index contributed by atoms with van der Waals surface area (Å²) in [6.07, 6.45) is 2.73. The minimum Gasteiger partial charge on any atom is -0.496 e. The van der Waals surface area contributed by atoms with Crippen LogP contribution >= 0.6 is 0 Å². The van der Waals surface area contributed by atoms with Crippen LogP contribution in [0.25, 0.3) is 11.1 Å². The molecule has 262 valence electrons. The van der Waals surface area contributed by atoms with Crippen molar-refractivity contribution in [2.45, 2.75) is 48.5 Å². The van der Waals surface area contributed by atoms with Crippen molar-refractivity contribution in [2.24, 2.45) is 17.8 Å². The average molecular weight is 707 g/mol. The maximum absolute atomic E-state index is 15.3. The van der Waals surface area contributed by atoms with Crippen molar-refractivity contribution >= 4 is 33.3 Å². The zero-order valence-corrected chi connectivity index (χ0v) is 27.3. The zero-order valence-electron chi connectivity index (χ0n) is 26.5. The van der Waals surface area contributed by atoms with Crippen LogP contribution in [-0.2, 0) is 24.2 Å². The van der Waals surface area contributed by atoms with Crippen LogP contribution < -0.4 is 20.1 Å². The Balaban J connectivity index is 1.32. The number of nitrogens with one attached hydrogen (secondary N) is 2. The van der Waals surface area contributed by atoms with Gasteiger partial charge in [0.2, 0.25) is 5.91 Å². The van der Waals surface area contributed by atoms with Gasteiger partial charge in [-0.15, -0.1) is 0 Å². The molecule has 3 aromatic carbocycles. The molecule has 10 nitrogen and oxygen atoms in total. The maximum Gasteiger partial charge on any atom is 0.501 e. The molecule has 0 radical (unpaired) electrons. The van der Waals surface area contributed by atoms with Gasteiger partial charge in [0.25, 0.3) is 15.7 Å². The summed E-state index contributed by atoms with van der Waals surface area (Å²) >= 11 is 0. The number of hydrogen-bond acceptors (Lipinski definition) is 8. The fraction of sp³-hybridized carbons (Fsp3) is 0.382. The lowest BCUT2D eigenvalue weighted by atomic mass is 9.83. The molecule has 0 spiro atoms. The van der Waals surface area contributed by atoms with Crippen LogP contribution in [0.1, 0.15) is 42.5 Å². The predicted molar refractivity (Wildman–Crippen MR) is 169 cm³/mol. The van der Waals surface area contributed by atoms with E-state index in [9.17, 15) is 36.0 Å². The van der Waals surface area contributed by atoms with Gasteiger partial charge in [0.1, 0.15) is 17.3 Å². The molecule has 2 bridgehead atoms. The third kappa shape index (κ3) is 7.66. The quantitative estimate of drug-likeness (QED) is 0.135. The Kier molecular flexibility index (Phi) is 10.5. The highest BCUT2D eigenvalue weighted by Gasteiger charge is 2.52. The fourth-order valence-electron chi connectivity index (χ4n) is 6.57. The second-order valence-electron chi connectivity index (χ2n) is 11.9. The molecule has 2 aliphatic carbocycles. The van der Waals surface area contributed by atoms with E-state index in [1.807, 2.05) is 0 Å². The number of methoxy groups -OCH3 is 2. The molecule has 0 heterocycles. The first-order chi connectivity index (χ1) is 23.2. The van der Waals surface area contributed by atoms with Gasteiger partial charge in [0.05, 0.1) is 37.2 Å². The number of fused-ring (bicyclic) bond motifs is 2. The molecule has 2 amide bonds. The molecule has 0 saturated heterocycles. The lowest BCUT2D eigenvalue weighted by molar-refractivity contribution is -0.140. The lowest BCUT2D eigenvalue weighted by Crippen LogP contribution is -2.48. The van der Waals surface area contributed by atoms with Crippen LogP contribution in [0.5, 0.6) is 11.5 Å². The van der Waals surface area contributed by atoms with Crippen molar-refractivity contribution in [3.05, 3.63) is 72.0 Å². The van der Waals surface area contributed by atoms with Crippen molar-refractivity contribution in [1.29, 1.82) is 0 Å². The Hall–Kier alpha value is -4.66. The number of anilines is 1. The van der Waals surface area contributed by atoms with Crippen molar-refractivity contribution in [3.8, 4) is 22.6 Å². The Morgan fingerprint density at radius 3 is 2.35 bits per heavy atom. The van der Waals surface area contributed by atoms with Crippen LogP contribution in [0.15, 0.2) is 65.6 Å². The third-order valence-corrected chi connectivity index (χ3v) is 10.4. The third-order valence-electron chi connectivity index (χ3n) is 8.95. The number of sulfone groups is 1. The zero-order chi connectivity index (χ0) is 35.5. The topological polar surface area (TPSA) is 137 Å². The molecule has 0 aromatic heterocycles. The van der Waals surface area contributed by atoms with E-state index < -0.39 is 49.8 Å². The molecule has 3 aromatic rings. The van der Waals surface area contributed by atoms with E-state index in [0.29, 0.717) is 30.6 Å². The predicted octanol–water partition coefficient (Wildman–Crippen LogP) is 5.91. The second-order valence-corrected chi connectivity index (χ2v) is 13.9. The van der Waals surface area contributed by atoms with Gasteiger partial charge in [-0.3, -0.25) is 14.4 Å². The van der Waals surface area contributed by atoms with Crippen molar-refractivity contribution < 1.29 is 54.6 Å². The summed E-state index contributed by atoms with van der Waals surface area (Å²) in [6, 6.07) is 12.2. The highest BCUT2D eigenvalue weighted by molar-refractivity contribution is 7.92. The first-order valence-electron chi connectivity index (χ1n) is 15.4. The molecule has 0 unspecified atom stereocenters. The van der Waals surface area contributed by atoms with Gasteiger partial charge < -0.3 is 24.8 Å². The summed E-state index contributed by atoms with van der Waals surface area (Å²) < 4.78 is 93.9. The van der Waals surface area contributed by atoms with E-state index in [1.165, 1.54) is 26.4 Å². The van der Waals surface area contributed by atoms with E-state index in [-0.39, 0.29) is 53.4 Å². The number of rotatable bonds is 12. The summed E-state index contributed by atoms with van der Waals surface area (Å²) in [5.74, 6) is -2.65. The molecule has 49 heavy (non-hydrogen) atoms. The van der Waals surface area contributed by atoms with Crippen LogP contribution in [0.4, 0.5) is 23.2 Å². The number of halogens is 4. The van der Waals surface area contributed by atoms with Gasteiger partial charge >= 0.3 is 11.5 Å². The maximum atomic E-state index is 15.3. The standard InChI is InChI=1S/C34H34F4N2O8S/c1-46-28-18-27(35)25(19-10-12-23(13-11-19)48-14-4-7-29(41)47-2)17-26(28)32(42)40-31-21-9-8-20(15-21)30(31)33(43)39-22-5-3-6-24(16-22)49(44,45)34(36,37)38/h3,5-6,10-13,16-18,20-21,30-31H,4,7-9,14-15H2,1-2H3,(H,39,43)(H,40,42)/t20-,21+,30+,31-/m1/s1. The van der Waals surface area contributed by atoms with E-state index in [0.717, 1.165) is 30.7 Å². The Morgan fingerprint density at radius 2 is 1.67 bits per heavy atom. The number of ether oxygens (including phenoxy) is 3. The van der Waals surface area contributed by atoms with E-state index in [1.54, 1.807) is 24.3 Å². The molecule has 15 heteroatoms. The minimum atomic E-state index is -5.63. The number of carbonyl (C=O) groups excluding carboxylic acids is 3. The van der Waals surface area contributed by atoms with Crippen molar-refractivity contribution in [3.63, 3.8) is 0 Å². The Labute approximate surface area is 280 Å². The van der Waals surface area contributed by atoms with Crippen LogP contribution in [0.3, 0.4) is 0 Å². The van der Waals surface area contributed by atoms with Crippen LogP contribution in [-0.4, -0.2) is 58.6 Å². The molecule has 2 fully saturated rings. The second kappa shape index (κ2) is 14.4. The molecule has 2 N–H and O–H groups in total. The van der Waals surface area contributed by atoms with Crippen molar-refractivity contribution in [2.75, 3.05) is 26.1 Å². The first-order valence-corrected chi connectivity index (χ1v) is 16.9. The van der Waals surface area contributed by atoms with Gasteiger partial charge in [-0.25, -0.2) is 12.8 Å². The molecule has 2 saturated carbocycles. The first kappa shape index (κ1) is 35.6. The number of hydrogen-bond donors (Lipinski definition) is 2. The Bertz CT molecular complexity index is 1830. The van der Waals surface area contributed by atoms with E-state index >= 15 is 4.39 Å². The fourth-order valence-corrected chi connectivity index (χ4v) is 7.37. The molecular weight excluding hydrogens is 672 g/mol. The Morgan fingerprint density at radius 1 is 0.959 bits per heavy atom. The largest absolute Gasteiger partial charge is 0.501 e. The van der Waals surface area contributed by atoms with Gasteiger partial charge in [0, 0.05) is 29.8 Å². The monoisotopic (exact) mass is 706 g/mol. The highest BCUT2D eigenvalue weighted by Crippen LogP contribution is 2.49. The smallest absolute Gasteiger partial charge is 0.496 e. The van der Waals surface area contributed by atoms with E-state index in [2.05, 4.69) is 15.4 Å². The average Bonchev–Trinajstić information content (AvgIpc) is 3.68. The molecule has 4 atom stereocenters. The summed E-state index contributed by atoms with van der Waals surface area (Å²) in [7, 11) is -3.04. The van der Waals surface area contributed by atoms with Gasteiger partial charge in [0.15, 0.2) is 0 Å². The van der Waals surface area contributed by atoms with Crippen LogP contribution in [0, 0.1) is 23.6 Å². The number of esters is 1. The number of benzene rings is 3. The van der Waals surface area contributed by atoms with Gasteiger partial charge in [-0.05, 0) is 79.5 Å². The number of carbonyl (C=O) groups is 3. The SMILES string of the molecule is COC(=O)CCCOc1ccc(-c2cc(C(=O)N[C@@H]3[C@H]4CC[C@H](C4)[C@@H]3C(=O)Nc3cccc(S(=O)(=O)C(F)(F)F)c3)c(OC)cc2F)cc1. The molecule has 0 aliphatic heterocycles. The summed E-state index contributed by atoms with van der Waals surface area (Å²) in [4.78, 5) is 37.5. The molecular formula is C34H34F4N2O8S. The minimum absolute atomic E-state index is 0.0222. The molecule has 2 aliphatic rings.